The lowest BCUT2D eigenvalue weighted by Crippen LogP contribution is -2.19. The Kier molecular flexibility index (Phi) is 3.57. The fourth-order valence-corrected chi connectivity index (χ4v) is 2.41. The van der Waals surface area contributed by atoms with Crippen LogP contribution < -0.4 is 16.8 Å². The van der Waals surface area contributed by atoms with Crippen molar-refractivity contribution in [1.82, 2.24) is 19.7 Å². The fourth-order valence-electron chi connectivity index (χ4n) is 2.41. The molecule has 8 nitrogen and oxygen atoms in total. The molecule has 8 heteroatoms. The molecular weight excluding hydrogens is 294 g/mol. The number of hydrogen-bond acceptors (Lipinski definition) is 5. The standard InChI is InChI=1S/C15H17N7O/c1-8(2)22-14-11(13(16)18-7-19-14)12(21-22)9-3-5-10(6-4-9)20-15(17)23/h3-8H,1-2H3,(H2,16,18,19)(H3,17,20,23). The number of primary amides is 1. The Hall–Kier alpha value is -3.16. The Balaban J connectivity index is 2.14. The Morgan fingerprint density at radius 2 is 1.91 bits per heavy atom. The molecule has 2 heterocycles. The first-order valence-corrected chi connectivity index (χ1v) is 7.13. The number of aromatic nitrogens is 4. The number of fused-ring (bicyclic) bond motifs is 1. The highest BCUT2D eigenvalue weighted by atomic mass is 16.2. The van der Waals surface area contributed by atoms with Crippen LogP contribution in [0, 0.1) is 0 Å². The molecule has 0 saturated carbocycles. The Bertz CT molecular complexity index is 867. The second kappa shape index (κ2) is 5.56. The number of carbonyl (C=O) groups excluding carboxylic acids is 1. The van der Waals surface area contributed by atoms with Gasteiger partial charge in [-0.1, -0.05) is 12.1 Å². The molecule has 118 valence electrons. The zero-order valence-corrected chi connectivity index (χ0v) is 12.8. The van der Waals surface area contributed by atoms with Crippen LogP contribution in [0.4, 0.5) is 16.3 Å². The molecule has 0 saturated heterocycles. The molecule has 0 atom stereocenters. The van der Waals surface area contributed by atoms with Gasteiger partial charge in [0.1, 0.15) is 17.8 Å². The van der Waals surface area contributed by atoms with Crippen molar-refractivity contribution >= 4 is 28.6 Å². The predicted octanol–water partition coefficient (Wildman–Crippen LogP) is 2.15. The minimum absolute atomic E-state index is 0.136. The van der Waals surface area contributed by atoms with Crippen LogP contribution in [-0.2, 0) is 0 Å². The smallest absolute Gasteiger partial charge is 0.316 e. The molecule has 0 aliphatic carbocycles. The van der Waals surface area contributed by atoms with Crippen molar-refractivity contribution in [2.24, 2.45) is 5.73 Å². The zero-order valence-electron chi connectivity index (χ0n) is 12.8. The minimum Gasteiger partial charge on any atom is -0.383 e. The average molecular weight is 311 g/mol. The number of benzene rings is 1. The topological polar surface area (TPSA) is 125 Å². The molecule has 0 spiro atoms. The number of nitrogen functional groups attached to an aromatic ring is 1. The number of amides is 2. The Morgan fingerprint density at radius 1 is 1.22 bits per heavy atom. The third-order valence-corrected chi connectivity index (χ3v) is 3.43. The second-order valence-corrected chi connectivity index (χ2v) is 5.41. The molecule has 2 aromatic heterocycles. The number of hydrogen-bond donors (Lipinski definition) is 3. The van der Waals surface area contributed by atoms with E-state index in [9.17, 15) is 4.79 Å². The summed E-state index contributed by atoms with van der Waals surface area (Å²) in [5, 5.41) is 7.87. The van der Waals surface area contributed by atoms with E-state index >= 15 is 0 Å². The fraction of sp³-hybridized carbons (Fsp3) is 0.200. The van der Waals surface area contributed by atoms with E-state index in [1.54, 1.807) is 12.1 Å². The van der Waals surface area contributed by atoms with Gasteiger partial charge in [-0.2, -0.15) is 5.10 Å². The van der Waals surface area contributed by atoms with Crippen molar-refractivity contribution < 1.29 is 4.79 Å². The Morgan fingerprint density at radius 3 is 2.52 bits per heavy atom. The van der Waals surface area contributed by atoms with E-state index in [-0.39, 0.29) is 6.04 Å². The van der Waals surface area contributed by atoms with Gasteiger partial charge < -0.3 is 16.8 Å². The number of nitrogens with zero attached hydrogens (tertiary/aromatic N) is 4. The van der Waals surface area contributed by atoms with Crippen LogP contribution in [0.1, 0.15) is 19.9 Å². The molecule has 1 aromatic carbocycles. The van der Waals surface area contributed by atoms with E-state index in [0.717, 1.165) is 10.9 Å². The summed E-state index contributed by atoms with van der Waals surface area (Å²) in [5.74, 6) is 0.385. The number of rotatable bonds is 3. The normalized spacial score (nSPS) is 11.1. The van der Waals surface area contributed by atoms with E-state index in [1.165, 1.54) is 6.33 Å². The van der Waals surface area contributed by atoms with E-state index in [2.05, 4.69) is 20.4 Å². The van der Waals surface area contributed by atoms with Gasteiger partial charge in [0.25, 0.3) is 0 Å². The minimum atomic E-state index is -0.607. The van der Waals surface area contributed by atoms with Crippen LogP contribution in [0.15, 0.2) is 30.6 Å². The lowest BCUT2D eigenvalue weighted by atomic mass is 10.1. The molecule has 0 aliphatic heterocycles. The third kappa shape index (κ3) is 2.66. The number of nitrogens with two attached hydrogens (primary N) is 2. The van der Waals surface area contributed by atoms with Gasteiger partial charge >= 0.3 is 6.03 Å². The van der Waals surface area contributed by atoms with Gasteiger partial charge in [-0.15, -0.1) is 0 Å². The lowest BCUT2D eigenvalue weighted by Gasteiger charge is -2.05. The van der Waals surface area contributed by atoms with Gasteiger partial charge in [0.05, 0.1) is 5.39 Å². The van der Waals surface area contributed by atoms with Crippen LogP contribution >= 0.6 is 0 Å². The van der Waals surface area contributed by atoms with Crippen molar-refractivity contribution in [3.63, 3.8) is 0 Å². The summed E-state index contributed by atoms with van der Waals surface area (Å²) in [6.45, 7) is 4.04. The summed E-state index contributed by atoms with van der Waals surface area (Å²) in [6.07, 6.45) is 1.43. The van der Waals surface area contributed by atoms with E-state index < -0.39 is 6.03 Å². The van der Waals surface area contributed by atoms with Crippen molar-refractivity contribution in [2.75, 3.05) is 11.1 Å². The van der Waals surface area contributed by atoms with E-state index in [4.69, 9.17) is 11.5 Å². The number of anilines is 2. The van der Waals surface area contributed by atoms with Crippen molar-refractivity contribution in [2.45, 2.75) is 19.9 Å². The summed E-state index contributed by atoms with van der Waals surface area (Å²) >= 11 is 0. The predicted molar refractivity (Wildman–Crippen MR) is 88.8 cm³/mol. The summed E-state index contributed by atoms with van der Waals surface area (Å²) in [4.78, 5) is 19.2. The van der Waals surface area contributed by atoms with Gasteiger partial charge in [0.2, 0.25) is 0 Å². The van der Waals surface area contributed by atoms with Crippen molar-refractivity contribution in [3.8, 4) is 11.3 Å². The largest absolute Gasteiger partial charge is 0.383 e. The molecule has 3 rings (SSSR count). The molecule has 3 aromatic rings. The van der Waals surface area contributed by atoms with Gasteiger partial charge in [-0.25, -0.2) is 19.4 Å². The second-order valence-electron chi connectivity index (χ2n) is 5.41. The van der Waals surface area contributed by atoms with E-state index in [1.807, 2.05) is 30.7 Å². The average Bonchev–Trinajstić information content (AvgIpc) is 2.89. The first-order chi connectivity index (χ1) is 11.0. The molecule has 0 fully saturated rings. The molecule has 5 N–H and O–H groups in total. The third-order valence-electron chi connectivity index (χ3n) is 3.43. The van der Waals surface area contributed by atoms with Crippen LogP contribution in [0.25, 0.3) is 22.3 Å². The maximum Gasteiger partial charge on any atom is 0.316 e. The highest BCUT2D eigenvalue weighted by molar-refractivity contribution is 5.98. The maximum absolute atomic E-state index is 10.9. The first-order valence-electron chi connectivity index (χ1n) is 7.13. The highest BCUT2D eigenvalue weighted by Gasteiger charge is 2.18. The van der Waals surface area contributed by atoms with Gasteiger partial charge in [0, 0.05) is 17.3 Å². The van der Waals surface area contributed by atoms with Crippen LogP contribution in [-0.4, -0.2) is 25.8 Å². The summed E-state index contributed by atoms with van der Waals surface area (Å²) < 4.78 is 1.82. The maximum atomic E-state index is 10.9. The molecule has 0 radical (unpaired) electrons. The SMILES string of the molecule is CC(C)n1nc(-c2ccc(NC(N)=O)cc2)c2c(N)ncnc21. The number of carbonyl (C=O) groups is 1. The molecule has 0 unspecified atom stereocenters. The quantitative estimate of drug-likeness (QED) is 0.683. The van der Waals surface area contributed by atoms with Crippen LogP contribution in [0.5, 0.6) is 0 Å². The highest BCUT2D eigenvalue weighted by Crippen LogP contribution is 2.31. The first kappa shape index (κ1) is 14.8. The zero-order chi connectivity index (χ0) is 16.6. The summed E-state index contributed by atoms with van der Waals surface area (Å²) in [6, 6.07) is 6.70. The summed E-state index contributed by atoms with van der Waals surface area (Å²) in [7, 11) is 0. The number of nitrogens with one attached hydrogen (secondary N) is 1. The molecule has 2 amide bonds. The van der Waals surface area contributed by atoms with Crippen molar-refractivity contribution in [1.29, 1.82) is 0 Å². The Labute approximate surface area is 132 Å². The monoisotopic (exact) mass is 311 g/mol. The molecule has 0 bridgehead atoms. The van der Waals surface area contributed by atoms with E-state index in [0.29, 0.717) is 22.8 Å². The lowest BCUT2D eigenvalue weighted by molar-refractivity contribution is 0.259. The van der Waals surface area contributed by atoms with Gasteiger partial charge in [-0.3, -0.25) is 0 Å². The van der Waals surface area contributed by atoms with Gasteiger partial charge in [-0.05, 0) is 26.0 Å². The van der Waals surface area contributed by atoms with Gasteiger partial charge in [0.15, 0.2) is 5.65 Å². The van der Waals surface area contributed by atoms with Crippen molar-refractivity contribution in [3.05, 3.63) is 30.6 Å². The van der Waals surface area contributed by atoms with Crippen LogP contribution in [0.3, 0.4) is 0 Å². The summed E-state index contributed by atoms with van der Waals surface area (Å²) in [5.41, 5.74) is 14.0. The van der Waals surface area contributed by atoms with Crippen LogP contribution in [0.2, 0.25) is 0 Å². The molecule has 0 aliphatic rings. The molecular formula is C15H17N7O. The number of urea groups is 1. The molecule has 23 heavy (non-hydrogen) atoms.